The minimum absolute atomic E-state index is 0.0146. The Morgan fingerprint density at radius 1 is 1.45 bits per heavy atom. The van der Waals surface area contributed by atoms with Gasteiger partial charge in [0.2, 0.25) is 0 Å². The summed E-state index contributed by atoms with van der Waals surface area (Å²) in [6.45, 7) is 7.22. The second-order valence-corrected chi connectivity index (χ2v) is 7.12. The number of nitriles is 1. The number of sulfonamides is 1. The largest absolute Gasteiger partial charge is 0.356 e. The van der Waals surface area contributed by atoms with Crippen LogP contribution in [0, 0.1) is 11.3 Å². The minimum atomic E-state index is -3.71. The van der Waals surface area contributed by atoms with Crippen LogP contribution in [0.5, 0.6) is 0 Å². The van der Waals surface area contributed by atoms with Crippen molar-refractivity contribution in [1.82, 2.24) is 9.71 Å². The fraction of sp³-hybridized carbons (Fsp3) is 0.467. The molecule has 1 aromatic heterocycles. The molecule has 1 aromatic rings. The van der Waals surface area contributed by atoms with Gasteiger partial charge in [0.15, 0.2) is 5.03 Å². The Morgan fingerprint density at radius 2 is 2.14 bits per heavy atom. The number of nitrogens with one attached hydrogen (secondary N) is 1. The van der Waals surface area contributed by atoms with Crippen LogP contribution in [0.25, 0.3) is 0 Å². The second kappa shape index (κ2) is 6.90. The van der Waals surface area contributed by atoms with Crippen LogP contribution in [0.15, 0.2) is 35.4 Å². The Labute approximate surface area is 131 Å². The number of pyridine rings is 1. The van der Waals surface area contributed by atoms with Gasteiger partial charge in [-0.05, 0) is 31.9 Å². The molecule has 1 aliphatic heterocycles. The molecule has 0 spiro atoms. The average molecular weight is 320 g/mol. The summed E-state index contributed by atoms with van der Waals surface area (Å²) >= 11 is 0. The number of aromatic nitrogens is 1. The van der Waals surface area contributed by atoms with E-state index in [1.54, 1.807) is 13.0 Å². The summed E-state index contributed by atoms with van der Waals surface area (Å²) in [6.07, 6.45) is 1.92. The molecule has 0 aliphatic carbocycles. The molecule has 1 unspecified atom stereocenters. The van der Waals surface area contributed by atoms with Crippen molar-refractivity contribution in [3.8, 4) is 6.07 Å². The fourth-order valence-electron chi connectivity index (χ4n) is 2.29. The third-order valence-electron chi connectivity index (χ3n) is 3.53. The van der Waals surface area contributed by atoms with Crippen molar-refractivity contribution in [2.24, 2.45) is 0 Å². The molecule has 0 aromatic carbocycles. The number of hydrogen-bond donors (Lipinski definition) is 1. The highest BCUT2D eigenvalue weighted by molar-refractivity contribution is 7.89. The molecule has 1 fully saturated rings. The molecule has 1 aliphatic rings. The summed E-state index contributed by atoms with van der Waals surface area (Å²) in [4.78, 5) is 6.33. The minimum Gasteiger partial charge on any atom is -0.356 e. The smallest absolute Gasteiger partial charge is 0.258 e. The van der Waals surface area contributed by atoms with E-state index in [1.165, 1.54) is 11.6 Å². The molecule has 1 saturated heterocycles. The van der Waals surface area contributed by atoms with Gasteiger partial charge in [0.1, 0.15) is 5.82 Å². The van der Waals surface area contributed by atoms with Crippen LogP contribution in [-0.4, -0.2) is 32.5 Å². The molecule has 22 heavy (non-hydrogen) atoms. The number of piperidine rings is 1. The Morgan fingerprint density at radius 3 is 2.77 bits per heavy atom. The van der Waals surface area contributed by atoms with E-state index < -0.39 is 16.1 Å². The molecule has 1 atom stereocenters. The van der Waals surface area contributed by atoms with Gasteiger partial charge in [-0.3, -0.25) is 0 Å². The van der Waals surface area contributed by atoms with Crippen molar-refractivity contribution < 1.29 is 8.42 Å². The molecule has 118 valence electrons. The molecule has 1 N–H and O–H groups in total. The van der Waals surface area contributed by atoms with Crippen LogP contribution in [-0.2, 0) is 10.0 Å². The fourth-order valence-corrected chi connectivity index (χ4v) is 3.49. The Balaban J connectivity index is 2.17. The van der Waals surface area contributed by atoms with Crippen molar-refractivity contribution in [2.75, 3.05) is 18.0 Å². The summed E-state index contributed by atoms with van der Waals surface area (Å²) in [5, 5.41) is 8.61. The Bertz CT molecular complexity index is 684. The third kappa shape index (κ3) is 4.06. The standard InChI is InChI=1S/C15H20N4O2S/c1-12-7-10-19(11-8-12)14-4-3-5-15(17-14)22(20,21)18-13(2)6-9-16/h3-5,13,18H,1,6-8,10-11H2,2H3. The summed E-state index contributed by atoms with van der Waals surface area (Å²) < 4.78 is 27.0. The molecule has 2 rings (SSSR count). The van der Waals surface area contributed by atoms with Crippen LogP contribution in [0.3, 0.4) is 0 Å². The van der Waals surface area contributed by atoms with Gasteiger partial charge in [0, 0.05) is 19.1 Å². The normalized spacial score (nSPS) is 17.1. The van der Waals surface area contributed by atoms with Crippen molar-refractivity contribution in [1.29, 1.82) is 5.26 Å². The zero-order chi connectivity index (χ0) is 16.2. The first-order chi connectivity index (χ1) is 10.4. The quantitative estimate of drug-likeness (QED) is 0.836. The maximum atomic E-state index is 12.3. The maximum absolute atomic E-state index is 12.3. The van der Waals surface area contributed by atoms with Gasteiger partial charge >= 0.3 is 0 Å². The second-order valence-electron chi connectivity index (χ2n) is 5.46. The van der Waals surface area contributed by atoms with Crippen molar-refractivity contribution in [2.45, 2.75) is 37.3 Å². The lowest BCUT2D eigenvalue weighted by Gasteiger charge is -2.29. The van der Waals surface area contributed by atoms with Crippen LogP contribution in [0.2, 0.25) is 0 Å². The van der Waals surface area contributed by atoms with Crippen molar-refractivity contribution in [3.05, 3.63) is 30.4 Å². The van der Waals surface area contributed by atoms with Crippen LogP contribution < -0.4 is 9.62 Å². The first-order valence-electron chi connectivity index (χ1n) is 7.20. The Hall–Kier alpha value is -1.91. The molecule has 0 saturated carbocycles. The lowest BCUT2D eigenvalue weighted by Crippen LogP contribution is -2.34. The van der Waals surface area contributed by atoms with Gasteiger partial charge in [-0.25, -0.2) is 18.1 Å². The van der Waals surface area contributed by atoms with Gasteiger partial charge in [0.25, 0.3) is 10.0 Å². The van der Waals surface area contributed by atoms with Crippen molar-refractivity contribution >= 4 is 15.8 Å². The van der Waals surface area contributed by atoms with Crippen LogP contribution >= 0.6 is 0 Å². The first-order valence-corrected chi connectivity index (χ1v) is 8.68. The SMILES string of the molecule is C=C1CCN(c2cccc(S(=O)(=O)NC(C)CC#N)n2)CC1. The van der Waals surface area contributed by atoms with Crippen molar-refractivity contribution in [3.63, 3.8) is 0 Å². The lowest BCUT2D eigenvalue weighted by molar-refractivity contribution is 0.559. The number of rotatable bonds is 5. The third-order valence-corrected chi connectivity index (χ3v) is 5.02. The molecule has 0 radical (unpaired) electrons. The summed E-state index contributed by atoms with van der Waals surface area (Å²) in [5.41, 5.74) is 1.21. The molecular formula is C15H20N4O2S. The van der Waals surface area contributed by atoms with Gasteiger partial charge in [-0.1, -0.05) is 18.2 Å². The van der Waals surface area contributed by atoms with Gasteiger partial charge in [0.05, 0.1) is 12.5 Å². The van der Waals surface area contributed by atoms with E-state index in [0.29, 0.717) is 5.82 Å². The van der Waals surface area contributed by atoms with Gasteiger partial charge < -0.3 is 4.90 Å². The van der Waals surface area contributed by atoms with E-state index in [1.807, 2.05) is 12.1 Å². The summed E-state index contributed by atoms with van der Waals surface area (Å²) in [6, 6.07) is 6.47. The van der Waals surface area contributed by atoms with E-state index in [2.05, 4.69) is 21.2 Å². The molecule has 0 amide bonds. The molecule has 2 heterocycles. The molecular weight excluding hydrogens is 300 g/mol. The monoisotopic (exact) mass is 320 g/mol. The zero-order valence-electron chi connectivity index (χ0n) is 12.6. The first kappa shape index (κ1) is 16.5. The predicted octanol–water partition coefficient (Wildman–Crippen LogP) is 1.82. The number of anilines is 1. The number of hydrogen-bond acceptors (Lipinski definition) is 5. The summed E-state index contributed by atoms with van der Waals surface area (Å²) in [5.74, 6) is 0.656. The van der Waals surface area contributed by atoms with Crippen LogP contribution in [0.4, 0.5) is 5.82 Å². The Kier molecular flexibility index (Phi) is 5.16. The number of nitrogens with zero attached hydrogens (tertiary/aromatic N) is 3. The van der Waals surface area contributed by atoms with E-state index in [0.717, 1.165) is 25.9 Å². The van der Waals surface area contributed by atoms with Crippen LogP contribution in [0.1, 0.15) is 26.2 Å². The van der Waals surface area contributed by atoms with E-state index in [4.69, 9.17) is 5.26 Å². The van der Waals surface area contributed by atoms with Gasteiger partial charge in [-0.2, -0.15) is 5.26 Å². The van der Waals surface area contributed by atoms with E-state index in [-0.39, 0.29) is 11.4 Å². The molecule has 0 bridgehead atoms. The highest BCUT2D eigenvalue weighted by Gasteiger charge is 2.21. The van der Waals surface area contributed by atoms with E-state index in [9.17, 15) is 8.42 Å². The topological polar surface area (TPSA) is 86.1 Å². The predicted molar refractivity (Wildman–Crippen MR) is 84.8 cm³/mol. The molecule has 6 nitrogen and oxygen atoms in total. The maximum Gasteiger partial charge on any atom is 0.258 e. The lowest BCUT2D eigenvalue weighted by atomic mass is 10.1. The zero-order valence-corrected chi connectivity index (χ0v) is 13.4. The highest BCUT2D eigenvalue weighted by atomic mass is 32.2. The summed E-state index contributed by atoms with van der Waals surface area (Å²) in [7, 11) is -3.71. The average Bonchev–Trinajstić information content (AvgIpc) is 2.48. The van der Waals surface area contributed by atoms with E-state index >= 15 is 0 Å². The van der Waals surface area contributed by atoms with Gasteiger partial charge in [-0.15, -0.1) is 0 Å². The molecule has 7 heteroatoms. The highest BCUT2D eigenvalue weighted by Crippen LogP contribution is 2.21.